The van der Waals surface area contributed by atoms with E-state index in [-0.39, 0.29) is 11.3 Å². The lowest BCUT2D eigenvalue weighted by molar-refractivity contribution is -0.129. The largest absolute Gasteiger partial charge is 0.496 e. The van der Waals surface area contributed by atoms with E-state index in [1.54, 1.807) is 14.2 Å². The third kappa shape index (κ3) is 3.36. The monoisotopic (exact) mass is 291 g/mol. The van der Waals surface area contributed by atoms with Gasteiger partial charge in [-0.1, -0.05) is 6.07 Å². The van der Waals surface area contributed by atoms with Crippen LogP contribution in [0.3, 0.4) is 0 Å². The lowest BCUT2D eigenvalue weighted by atomic mass is 9.89. The zero-order chi connectivity index (χ0) is 15.5. The molecule has 1 aromatic rings. The third-order valence-electron chi connectivity index (χ3n) is 4.30. The lowest BCUT2D eigenvalue weighted by Crippen LogP contribution is -2.39. The van der Waals surface area contributed by atoms with E-state index >= 15 is 0 Å². The van der Waals surface area contributed by atoms with Crippen LogP contribution in [0.25, 0.3) is 0 Å². The molecule has 2 rings (SSSR count). The van der Waals surface area contributed by atoms with Crippen molar-refractivity contribution in [3.05, 3.63) is 29.3 Å². The van der Waals surface area contributed by atoms with Crippen molar-refractivity contribution in [2.45, 2.75) is 26.4 Å². The van der Waals surface area contributed by atoms with Gasteiger partial charge in [0.05, 0.1) is 12.5 Å². The van der Waals surface area contributed by atoms with Crippen molar-refractivity contribution in [3.8, 4) is 5.75 Å². The Hall–Kier alpha value is -1.59. The van der Waals surface area contributed by atoms with Crippen LogP contribution in [0.15, 0.2) is 18.2 Å². The Morgan fingerprint density at radius 3 is 2.90 bits per heavy atom. The van der Waals surface area contributed by atoms with Crippen LogP contribution in [0.1, 0.15) is 24.5 Å². The SMILES string of the molecule is CNC(=O)C1(C)CCN(Cc2ccc(OC)c(CN)c2)C1. The van der Waals surface area contributed by atoms with Gasteiger partial charge in [0.25, 0.3) is 0 Å². The molecule has 5 nitrogen and oxygen atoms in total. The molecule has 3 N–H and O–H groups in total. The Kier molecular flexibility index (Phi) is 4.85. The van der Waals surface area contributed by atoms with E-state index in [0.717, 1.165) is 37.4 Å². The molecule has 21 heavy (non-hydrogen) atoms. The van der Waals surface area contributed by atoms with Crippen molar-refractivity contribution >= 4 is 5.91 Å². The predicted octanol–water partition coefficient (Wildman–Crippen LogP) is 1.11. The van der Waals surface area contributed by atoms with Gasteiger partial charge in [0, 0.05) is 32.2 Å². The molecular weight excluding hydrogens is 266 g/mol. The summed E-state index contributed by atoms with van der Waals surface area (Å²) in [5.41, 5.74) is 7.70. The zero-order valence-corrected chi connectivity index (χ0v) is 13.1. The summed E-state index contributed by atoms with van der Waals surface area (Å²) in [5.74, 6) is 0.959. The fourth-order valence-corrected chi connectivity index (χ4v) is 3.03. The molecule has 5 heteroatoms. The van der Waals surface area contributed by atoms with E-state index < -0.39 is 0 Å². The lowest BCUT2D eigenvalue weighted by Gasteiger charge is -2.23. The molecule has 1 atom stereocenters. The smallest absolute Gasteiger partial charge is 0.227 e. The molecule has 0 aliphatic carbocycles. The molecule has 0 radical (unpaired) electrons. The first-order chi connectivity index (χ1) is 10.0. The van der Waals surface area contributed by atoms with Crippen molar-refractivity contribution in [1.29, 1.82) is 0 Å². The number of nitrogens with one attached hydrogen (secondary N) is 1. The summed E-state index contributed by atoms with van der Waals surface area (Å²) >= 11 is 0. The molecule has 1 fully saturated rings. The van der Waals surface area contributed by atoms with Crippen molar-refractivity contribution < 1.29 is 9.53 Å². The number of hydrogen-bond donors (Lipinski definition) is 2. The number of hydrogen-bond acceptors (Lipinski definition) is 4. The highest BCUT2D eigenvalue weighted by atomic mass is 16.5. The van der Waals surface area contributed by atoms with Gasteiger partial charge < -0.3 is 15.8 Å². The predicted molar refractivity (Wildman–Crippen MR) is 83.0 cm³/mol. The fraction of sp³-hybridized carbons (Fsp3) is 0.562. The van der Waals surface area contributed by atoms with Crippen LogP contribution in [0, 0.1) is 5.41 Å². The Labute approximate surface area is 126 Å². The minimum Gasteiger partial charge on any atom is -0.496 e. The van der Waals surface area contributed by atoms with Crippen LogP contribution in [0.5, 0.6) is 5.75 Å². The van der Waals surface area contributed by atoms with Gasteiger partial charge in [0.1, 0.15) is 5.75 Å². The molecule has 1 aromatic carbocycles. The van der Waals surface area contributed by atoms with Crippen LogP contribution < -0.4 is 15.8 Å². The topological polar surface area (TPSA) is 67.6 Å². The highest BCUT2D eigenvalue weighted by Crippen LogP contribution is 2.31. The van der Waals surface area contributed by atoms with Crippen molar-refractivity contribution in [3.63, 3.8) is 0 Å². The van der Waals surface area contributed by atoms with Crippen LogP contribution >= 0.6 is 0 Å². The Balaban J connectivity index is 2.05. The van der Waals surface area contributed by atoms with Gasteiger partial charge in [-0.15, -0.1) is 0 Å². The second-order valence-electron chi connectivity index (χ2n) is 5.95. The number of methoxy groups -OCH3 is 1. The quantitative estimate of drug-likeness (QED) is 0.853. The van der Waals surface area contributed by atoms with Gasteiger partial charge >= 0.3 is 0 Å². The van der Waals surface area contributed by atoms with Crippen LogP contribution in [-0.4, -0.2) is 38.1 Å². The van der Waals surface area contributed by atoms with E-state index in [4.69, 9.17) is 10.5 Å². The number of likely N-dealkylation sites (tertiary alicyclic amines) is 1. The van der Waals surface area contributed by atoms with Gasteiger partial charge in [-0.3, -0.25) is 9.69 Å². The Morgan fingerprint density at radius 1 is 1.52 bits per heavy atom. The molecule has 1 aliphatic heterocycles. The summed E-state index contributed by atoms with van der Waals surface area (Å²) in [7, 11) is 3.36. The van der Waals surface area contributed by atoms with E-state index in [9.17, 15) is 4.79 Å². The van der Waals surface area contributed by atoms with Gasteiger partial charge in [-0.2, -0.15) is 0 Å². The van der Waals surface area contributed by atoms with E-state index in [1.807, 2.05) is 13.0 Å². The average molecular weight is 291 g/mol. The number of carbonyl (C=O) groups is 1. The second-order valence-corrected chi connectivity index (χ2v) is 5.95. The first kappa shape index (κ1) is 15.8. The van der Waals surface area contributed by atoms with Crippen molar-refractivity contribution in [2.24, 2.45) is 11.1 Å². The number of amides is 1. The normalized spacial score (nSPS) is 22.3. The molecule has 1 amide bonds. The van der Waals surface area contributed by atoms with Crippen LogP contribution in [0.4, 0.5) is 0 Å². The average Bonchev–Trinajstić information content (AvgIpc) is 2.88. The van der Waals surface area contributed by atoms with Crippen molar-refractivity contribution in [1.82, 2.24) is 10.2 Å². The molecule has 0 saturated carbocycles. The molecule has 1 aliphatic rings. The molecule has 0 spiro atoms. The molecule has 0 bridgehead atoms. The Bertz CT molecular complexity index is 518. The summed E-state index contributed by atoms with van der Waals surface area (Å²) in [6.45, 7) is 5.06. The number of nitrogens with zero attached hydrogens (tertiary/aromatic N) is 1. The maximum atomic E-state index is 11.9. The standard InChI is InChI=1S/C16H25N3O2/c1-16(15(20)18-2)6-7-19(11-16)10-12-4-5-14(21-3)13(8-12)9-17/h4-5,8H,6-7,9-11,17H2,1-3H3,(H,18,20). The van der Waals surface area contributed by atoms with Gasteiger partial charge in [-0.25, -0.2) is 0 Å². The minimum absolute atomic E-state index is 0.127. The number of benzene rings is 1. The third-order valence-corrected chi connectivity index (χ3v) is 4.30. The van der Waals surface area contributed by atoms with E-state index in [1.165, 1.54) is 5.56 Å². The number of ether oxygens (including phenoxy) is 1. The minimum atomic E-state index is -0.280. The Morgan fingerprint density at radius 2 is 2.29 bits per heavy atom. The van der Waals surface area contributed by atoms with Gasteiger partial charge in [-0.05, 0) is 37.6 Å². The fourth-order valence-electron chi connectivity index (χ4n) is 3.03. The van der Waals surface area contributed by atoms with Crippen LogP contribution in [-0.2, 0) is 17.9 Å². The summed E-state index contributed by atoms with van der Waals surface area (Å²) < 4.78 is 5.29. The summed E-state index contributed by atoms with van der Waals surface area (Å²) in [5, 5.41) is 2.77. The highest BCUT2D eigenvalue weighted by Gasteiger charge is 2.39. The second kappa shape index (κ2) is 6.45. The first-order valence-electron chi connectivity index (χ1n) is 7.33. The maximum Gasteiger partial charge on any atom is 0.227 e. The first-order valence-corrected chi connectivity index (χ1v) is 7.33. The summed E-state index contributed by atoms with van der Waals surface area (Å²) in [4.78, 5) is 14.3. The van der Waals surface area contributed by atoms with Gasteiger partial charge in [0.15, 0.2) is 0 Å². The molecule has 0 aromatic heterocycles. The highest BCUT2D eigenvalue weighted by molar-refractivity contribution is 5.82. The van der Waals surface area contributed by atoms with Crippen LogP contribution in [0.2, 0.25) is 0 Å². The molecule has 1 unspecified atom stereocenters. The zero-order valence-electron chi connectivity index (χ0n) is 13.1. The summed E-state index contributed by atoms with van der Waals surface area (Å²) in [6, 6.07) is 6.12. The maximum absolute atomic E-state index is 11.9. The van der Waals surface area contributed by atoms with E-state index in [0.29, 0.717) is 6.54 Å². The molecule has 1 heterocycles. The number of carbonyl (C=O) groups excluding carboxylic acids is 1. The summed E-state index contributed by atoms with van der Waals surface area (Å²) in [6.07, 6.45) is 0.895. The van der Waals surface area contributed by atoms with Crippen molar-refractivity contribution in [2.75, 3.05) is 27.2 Å². The number of rotatable bonds is 5. The van der Waals surface area contributed by atoms with E-state index in [2.05, 4.69) is 22.3 Å². The number of nitrogens with two attached hydrogens (primary N) is 1. The molecule has 116 valence electrons. The molecular formula is C16H25N3O2. The molecule has 1 saturated heterocycles. The van der Waals surface area contributed by atoms with Gasteiger partial charge in [0.2, 0.25) is 5.91 Å².